The molecular weight excluding hydrogens is 384 g/mol. The number of hydrogen-bond acceptors (Lipinski definition) is 5. The monoisotopic (exact) mass is 408 g/mol. The maximum absolute atomic E-state index is 12.8. The van der Waals surface area contributed by atoms with E-state index in [-0.39, 0.29) is 29.9 Å². The molecule has 4 heterocycles. The molecule has 3 saturated heterocycles. The fourth-order valence-corrected chi connectivity index (χ4v) is 4.92. The molecule has 1 aromatic heterocycles. The summed E-state index contributed by atoms with van der Waals surface area (Å²) in [7, 11) is 0. The lowest BCUT2D eigenvalue weighted by Crippen LogP contribution is -2.49. The zero-order valence-corrected chi connectivity index (χ0v) is 16.7. The van der Waals surface area contributed by atoms with Gasteiger partial charge in [0.1, 0.15) is 6.04 Å². The third kappa shape index (κ3) is 3.11. The summed E-state index contributed by atoms with van der Waals surface area (Å²) >= 11 is 0. The van der Waals surface area contributed by atoms with Crippen LogP contribution in [0.5, 0.6) is 0 Å². The molecule has 0 unspecified atom stereocenters. The Morgan fingerprint density at radius 1 is 1.13 bits per heavy atom. The second kappa shape index (κ2) is 7.36. The molecule has 3 fully saturated rings. The van der Waals surface area contributed by atoms with Crippen LogP contribution in [0.15, 0.2) is 43.0 Å². The van der Waals surface area contributed by atoms with Gasteiger partial charge in [-0.2, -0.15) is 0 Å². The Labute approximate surface area is 174 Å². The van der Waals surface area contributed by atoms with Gasteiger partial charge in [-0.3, -0.25) is 19.3 Å². The average molecular weight is 408 g/mol. The van der Waals surface area contributed by atoms with Gasteiger partial charge in [-0.15, -0.1) is 0 Å². The fourth-order valence-electron chi connectivity index (χ4n) is 4.92. The summed E-state index contributed by atoms with van der Waals surface area (Å²) in [6, 6.07) is 7.12. The standard InChI is InChI=1S/C22H24N4O4/c1-13(26-21(28)18-16-6-7-17(30-16)19(18)22(26)29)20(27)24-10-14-2-4-15(5-3-14)11-25-9-8-23-12-25/h2-5,8-9,12-13,16-19H,6-7,10-11H2,1H3,(H,24,27)/t13-,16-,17-,18-,19+/m1/s1. The van der Waals surface area contributed by atoms with E-state index in [4.69, 9.17) is 4.74 Å². The predicted molar refractivity (Wildman–Crippen MR) is 106 cm³/mol. The number of aromatic nitrogens is 2. The van der Waals surface area contributed by atoms with Crippen molar-refractivity contribution in [3.8, 4) is 0 Å². The van der Waals surface area contributed by atoms with Gasteiger partial charge in [0.05, 0.1) is 30.4 Å². The van der Waals surface area contributed by atoms with Crippen LogP contribution in [0.2, 0.25) is 0 Å². The maximum Gasteiger partial charge on any atom is 0.243 e. The van der Waals surface area contributed by atoms with Crippen LogP contribution >= 0.6 is 0 Å². The van der Waals surface area contributed by atoms with Crippen molar-refractivity contribution >= 4 is 17.7 Å². The number of nitrogens with zero attached hydrogens (tertiary/aromatic N) is 3. The Kier molecular flexibility index (Phi) is 4.66. The molecule has 1 N–H and O–H groups in total. The molecule has 0 radical (unpaired) electrons. The largest absolute Gasteiger partial charge is 0.373 e. The number of benzene rings is 1. The molecule has 3 amide bonds. The van der Waals surface area contributed by atoms with Gasteiger partial charge in [-0.1, -0.05) is 24.3 Å². The maximum atomic E-state index is 12.8. The summed E-state index contributed by atoms with van der Waals surface area (Å²) in [6.45, 7) is 2.69. The normalized spacial score (nSPS) is 28.1. The molecule has 5 atom stereocenters. The van der Waals surface area contributed by atoms with Gasteiger partial charge in [0.25, 0.3) is 0 Å². The van der Waals surface area contributed by atoms with Crippen molar-refractivity contribution in [1.82, 2.24) is 19.8 Å². The van der Waals surface area contributed by atoms with Crippen LogP contribution in [0, 0.1) is 11.8 Å². The number of carbonyl (C=O) groups is 3. The van der Waals surface area contributed by atoms with E-state index in [1.165, 1.54) is 0 Å². The SMILES string of the molecule is C[C@H](C(=O)NCc1ccc(Cn2ccnc2)cc1)N1C(=O)[C@@H]2[C@H](C1=O)[C@H]1CC[C@H]2O1. The summed E-state index contributed by atoms with van der Waals surface area (Å²) in [6.07, 6.45) is 6.71. The summed E-state index contributed by atoms with van der Waals surface area (Å²) < 4.78 is 7.72. The summed E-state index contributed by atoms with van der Waals surface area (Å²) in [5, 5.41) is 2.85. The number of amides is 3. The molecule has 3 aliphatic heterocycles. The molecule has 3 aliphatic rings. The molecule has 156 valence electrons. The zero-order chi connectivity index (χ0) is 20.8. The second-order valence-electron chi connectivity index (χ2n) is 8.33. The van der Waals surface area contributed by atoms with E-state index in [9.17, 15) is 14.4 Å². The zero-order valence-electron chi connectivity index (χ0n) is 16.7. The number of hydrogen-bond donors (Lipinski definition) is 1. The van der Waals surface area contributed by atoms with Gasteiger partial charge in [-0.05, 0) is 30.9 Å². The molecule has 30 heavy (non-hydrogen) atoms. The second-order valence-corrected chi connectivity index (χ2v) is 8.33. The minimum absolute atomic E-state index is 0.169. The highest BCUT2D eigenvalue weighted by Crippen LogP contribution is 2.48. The number of ether oxygens (including phenoxy) is 1. The van der Waals surface area contributed by atoms with Crippen LogP contribution < -0.4 is 5.32 Å². The Hall–Kier alpha value is -3.00. The van der Waals surface area contributed by atoms with Crippen molar-refractivity contribution in [3.05, 3.63) is 54.1 Å². The van der Waals surface area contributed by atoms with E-state index in [1.807, 2.05) is 35.0 Å². The highest BCUT2D eigenvalue weighted by molar-refractivity contribution is 6.09. The lowest BCUT2D eigenvalue weighted by molar-refractivity contribution is -0.149. The van der Waals surface area contributed by atoms with Gasteiger partial charge < -0.3 is 14.6 Å². The first kappa shape index (κ1) is 19.0. The van der Waals surface area contributed by atoms with Crippen LogP contribution in [-0.2, 0) is 32.2 Å². The molecule has 5 rings (SSSR count). The number of rotatable bonds is 6. The van der Waals surface area contributed by atoms with E-state index < -0.39 is 17.9 Å². The number of likely N-dealkylation sites (tertiary alicyclic amines) is 1. The van der Waals surface area contributed by atoms with Crippen LogP contribution in [0.4, 0.5) is 0 Å². The molecule has 0 aliphatic carbocycles. The van der Waals surface area contributed by atoms with Crippen LogP contribution in [0.3, 0.4) is 0 Å². The lowest BCUT2D eigenvalue weighted by atomic mass is 9.81. The fraction of sp³-hybridized carbons (Fsp3) is 0.455. The highest BCUT2D eigenvalue weighted by atomic mass is 16.5. The highest BCUT2D eigenvalue weighted by Gasteiger charge is 2.63. The summed E-state index contributed by atoms with van der Waals surface area (Å²) in [5.41, 5.74) is 2.08. The van der Waals surface area contributed by atoms with Crippen molar-refractivity contribution in [3.63, 3.8) is 0 Å². The minimum atomic E-state index is -0.824. The van der Waals surface area contributed by atoms with Crippen molar-refractivity contribution < 1.29 is 19.1 Å². The van der Waals surface area contributed by atoms with Crippen molar-refractivity contribution in [1.29, 1.82) is 0 Å². The molecule has 0 saturated carbocycles. The summed E-state index contributed by atoms with van der Waals surface area (Å²) in [5.74, 6) is -1.66. The van der Waals surface area contributed by atoms with Crippen LogP contribution in [-0.4, -0.2) is 50.4 Å². The Balaban J connectivity index is 1.19. The first-order valence-electron chi connectivity index (χ1n) is 10.4. The molecular formula is C22H24N4O4. The van der Waals surface area contributed by atoms with Crippen molar-refractivity contribution in [2.75, 3.05) is 0 Å². The van der Waals surface area contributed by atoms with E-state index >= 15 is 0 Å². The molecule has 2 aromatic rings. The number of fused-ring (bicyclic) bond motifs is 5. The van der Waals surface area contributed by atoms with Crippen molar-refractivity contribution in [2.24, 2.45) is 11.8 Å². The van der Waals surface area contributed by atoms with Gasteiger partial charge >= 0.3 is 0 Å². The number of imide groups is 1. The minimum Gasteiger partial charge on any atom is -0.373 e. The molecule has 8 nitrogen and oxygen atoms in total. The number of nitrogens with one attached hydrogen (secondary N) is 1. The average Bonchev–Trinajstić information content (AvgIpc) is 3.53. The van der Waals surface area contributed by atoms with E-state index in [2.05, 4.69) is 10.3 Å². The third-order valence-corrected chi connectivity index (χ3v) is 6.50. The Bertz CT molecular complexity index is 944. The van der Waals surface area contributed by atoms with Crippen molar-refractivity contribution in [2.45, 2.75) is 51.1 Å². The molecule has 1 aromatic carbocycles. The van der Waals surface area contributed by atoms with Crippen LogP contribution in [0.1, 0.15) is 30.9 Å². The lowest BCUT2D eigenvalue weighted by Gasteiger charge is -2.24. The first-order valence-corrected chi connectivity index (χ1v) is 10.4. The quantitative estimate of drug-likeness (QED) is 0.723. The first-order chi connectivity index (χ1) is 14.5. The van der Waals surface area contributed by atoms with E-state index in [0.29, 0.717) is 6.54 Å². The number of carbonyl (C=O) groups excluding carboxylic acids is 3. The predicted octanol–water partition coefficient (Wildman–Crippen LogP) is 1.10. The van der Waals surface area contributed by atoms with Gasteiger partial charge in [-0.25, -0.2) is 4.98 Å². The molecule has 8 heteroatoms. The van der Waals surface area contributed by atoms with Gasteiger partial charge in [0.2, 0.25) is 17.7 Å². The number of imidazole rings is 1. The van der Waals surface area contributed by atoms with Crippen LogP contribution in [0.25, 0.3) is 0 Å². The van der Waals surface area contributed by atoms with E-state index in [1.54, 1.807) is 19.4 Å². The smallest absolute Gasteiger partial charge is 0.243 e. The van der Waals surface area contributed by atoms with E-state index in [0.717, 1.165) is 35.4 Å². The third-order valence-electron chi connectivity index (χ3n) is 6.50. The molecule has 0 spiro atoms. The Morgan fingerprint density at radius 2 is 1.77 bits per heavy atom. The topological polar surface area (TPSA) is 93.5 Å². The Morgan fingerprint density at radius 3 is 2.37 bits per heavy atom. The molecule has 2 bridgehead atoms. The summed E-state index contributed by atoms with van der Waals surface area (Å²) in [4.78, 5) is 43.5. The van der Waals surface area contributed by atoms with Gasteiger partial charge in [0, 0.05) is 25.5 Å². The van der Waals surface area contributed by atoms with Gasteiger partial charge in [0.15, 0.2) is 0 Å².